The van der Waals surface area contributed by atoms with E-state index in [1.54, 1.807) is 27.7 Å². The zero-order chi connectivity index (χ0) is 109. The van der Waals surface area contributed by atoms with Crippen LogP contribution in [0.15, 0.2) is 48.5 Å². The molecule has 2 saturated heterocycles. The van der Waals surface area contributed by atoms with E-state index in [0.29, 0.717) is 17.5 Å². The van der Waals surface area contributed by atoms with Crippen LogP contribution in [-0.4, -0.2) is 318 Å². The molecular weight excluding hydrogens is 1980 g/mol. The predicted molar refractivity (Wildman–Crippen MR) is 521 cm³/mol. The fraction of sp³-hybridized carbons (Fsp3) is 0.602. The third-order valence-electron chi connectivity index (χ3n) is 22.7. The molecule has 0 radical (unpaired) electrons. The molecule has 4 rings (SSSR count). The lowest BCUT2D eigenvalue weighted by Crippen LogP contribution is -2.62. The highest BCUT2D eigenvalue weighted by atomic mass is 32.1. The Labute approximate surface area is 849 Å². The lowest BCUT2D eigenvalue weighted by Gasteiger charge is -2.31. The number of hydrogen-bond acceptors (Lipinski definition) is 30. The van der Waals surface area contributed by atoms with Crippen molar-refractivity contribution >= 4 is 187 Å². The Kier molecular flexibility index (Phi) is 53.8. The van der Waals surface area contributed by atoms with E-state index in [0.717, 1.165) is 4.90 Å². The van der Waals surface area contributed by atoms with E-state index >= 15 is 0 Å². The molecule has 49 nitrogen and oxygen atoms in total. The molecule has 0 spiro atoms. The molecule has 0 aromatic heterocycles. The number of hydrogen-bond donors (Lipinski definition) is 28. The predicted octanol–water partition coefficient (Wildman–Crippen LogP) is -6.37. The zero-order valence-corrected chi connectivity index (χ0v) is 84.1. The van der Waals surface area contributed by atoms with Crippen molar-refractivity contribution in [1.82, 2.24) is 89.6 Å². The Morgan fingerprint density at radius 1 is 0.389 bits per heavy atom. The van der Waals surface area contributed by atoms with Crippen molar-refractivity contribution in [2.24, 2.45) is 52.3 Å². The number of nitrogens with zero attached hydrogens (tertiary/aromatic N) is 2. The number of benzene rings is 2. The van der Waals surface area contributed by atoms with Gasteiger partial charge in [0.15, 0.2) is 0 Å². The van der Waals surface area contributed by atoms with Crippen molar-refractivity contribution in [2.45, 2.75) is 261 Å². The summed E-state index contributed by atoms with van der Waals surface area (Å²) in [4.78, 5) is 313. The number of aliphatic carboxylic acids is 2. The van der Waals surface area contributed by atoms with Crippen LogP contribution in [0, 0.1) is 23.7 Å². The minimum atomic E-state index is -5.08. The zero-order valence-electron chi connectivity index (χ0n) is 80.5. The van der Waals surface area contributed by atoms with Crippen molar-refractivity contribution in [1.29, 1.82) is 0 Å². The third-order valence-corrected chi connectivity index (χ3v) is 24.2. The second-order valence-electron chi connectivity index (χ2n) is 35.1. The number of likely N-dealkylation sites (tertiary alicyclic amines) is 2. The van der Waals surface area contributed by atoms with Crippen LogP contribution in [0.2, 0.25) is 0 Å². The first-order valence-corrected chi connectivity index (χ1v) is 48.5. The highest BCUT2D eigenvalue weighted by Gasteiger charge is 2.45. The number of alkyl halides is 3. The van der Waals surface area contributed by atoms with E-state index in [4.69, 9.17) is 43.7 Å². The van der Waals surface area contributed by atoms with Gasteiger partial charge >= 0.3 is 18.1 Å². The summed E-state index contributed by atoms with van der Waals surface area (Å²) >= 11 is 17.1. The van der Waals surface area contributed by atoms with Crippen LogP contribution in [0.25, 0.3) is 0 Å². The summed E-state index contributed by atoms with van der Waals surface area (Å²) in [5, 5.41) is 73.8. The molecule has 2 aromatic carbocycles. The molecule has 0 aliphatic carbocycles. The molecule has 144 heavy (non-hydrogen) atoms. The molecule has 802 valence electrons. The van der Waals surface area contributed by atoms with Gasteiger partial charge in [0.25, 0.3) is 0 Å². The number of nitrogens with one attached hydrogen (secondary N) is 15. The molecule has 2 heterocycles. The Morgan fingerprint density at radius 2 is 0.688 bits per heavy atom. The monoisotopic (exact) mass is 2110 g/mol. The van der Waals surface area contributed by atoms with Gasteiger partial charge in [0.2, 0.25) is 124 Å². The Hall–Kier alpha value is -13.0. The maximum absolute atomic E-state index is 14.9. The fourth-order valence-corrected chi connectivity index (χ4v) is 15.7. The van der Waals surface area contributed by atoms with Crippen molar-refractivity contribution in [2.75, 3.05) is 49.2 Å². The minimum Gasteiger partial charge on any atom is -0.508 e. The standard InChI is InChI=1S/C86H132N22O25S4.C2HF3O2/c1-9-43(7)69(83(130)95-49(23-25-63(88)111)72(119)97-55(34-66(91)114)76(123)104-60(40-137)86(133)108-28-12-13-61(108)81(128)99-51(29-41(3)4)71(118)92-36-68(116)117)106-77(124)53(32-46-17-21-48(110)22-18-46)96-78(125)57(37-134)102-80(127)58(38-135)101-74(121)52(31-45-15-19-47(109)20-16-45)100-84(131)70(44(8)10-2)105-73(120)50(24-26-64(89)112)94-75(122)54(33-65(90)113)98-79(126)59(39-136)103-82(129)62-14-11-27-107(62)85(132)56(30-42(5)6)93-67(115)35-87;3-2(4,5)1(6)7/h15-22,41-44,49-62,69-70,109-110,134-137H,9-14,23-40,87H2,1-8H3,(H2,88,111)(H2,89,112)(H2,90,113)(H2,91,114)(H,92,118)(H,93,115)(H,94,122)(H,95,130)(H,96,125)(H,97,119)(H,98,126)(H,99,128)(H,100,131)(H,101,121)(H,102,127)(H,103,129)(H,104,123)(H,105,120)(H,106,124)(H,116,117);(H,6,7)/t43-,44-,49-,50-,51-,52-,53-,54-,55-,56-,57-,58-,59-,60-,61-,62-,69-,70-;/m0./s1. The fourth-order valence-electron chi connectivity index (χ4n) is 14.7. The molecule has 56 heteroatoms. The van der Waals surface area contributed by atoms with Crippen LogP contribution in [-0.2, 0) is 123 Å². The van der Waals surface area contributed by atoms with Gasteiger partial charge in [-0.25, -0.2) is 4.79 Å². The van der Waals surface area contributed by atoms with Crippen LogP contribution in [0.4, 0.5) is 13.2 Å². The smallest absolute Gasteiger partial charge is 0.490 e. The first-order valence-electron chi connectivity index (χ1n) is 46.0. The highest BCUT2D eigenvalue weighted by molar-refractivity contribution is 7.80. The number of phenols is 2. The molecule has 0 saturated carbocycles. The summed E-state index contributed by atoms with van der Waals surface area (Å²) in [5.74, 6) is -29.3. The Bertz CT molecular complexity index is 4850. The number of aromatic hydroxyl groups is 2. The van der Waals surface area contributed by atoms with Crippen LogP contribution in [0.3, 0.4) is 0 Å². The van der Waals surface area contributed by atoms with Gasteiger partial charge in [0.05, 0.1) is 19.4 Å². The summed E-state index contributed by atoms with van der Waals surface area (Å²) in [6.45, 7) is 12.4. The number of phenolic OH excluding ortho intramolecular Hbond substituents is 2. The second kappa shape index (κ2) is 61.9. The summed E-state index contributed by atoms with van der Waals surface area (Å²) < 4.78 is 31.7. The molecule has 18 atom stereocenters. The van der Waals surface area contributed by atoms with E-state index in [-0.39, 0.29) is 81.4 Å². The molecule has 2 aromatic rings. The lowest BCUT2D eigenvalue weighted by molar-refractivity contribution is -0.192. The molecule has 0 unspecified atom stereocenters. The molecule has 2 aliphatic rings. The summed E-state index contributed by atoms with van der Waals surface area (Å²) in [7, 11) is 0. The van der Waals surface area contributed by atoms with E-state index in [1.165, 1.54) is 67.3 Å². The van der Waals surface area contributed by atoms with Crippen molar-refractivity contribution < 1.29 is 144 Å². The molecule has 2 fully saturated rings. The van der Waals surface area contributed by atoms with Gasteiger partial charge in [0, 0.05) is 61.8 Å². The van der Waals surface area contributed by atoms with Gasteiger partial charge in [0.1, 0.15) is 115 Å². The molecule has 2 aliphatic heterocycles. The maximum Gasteiger partial charge on any atom is 0.490 e. The summed E-state index contributed by atoms with van der Waals surface area (Å²) in [6.07, 6.45) is -8.56. The number of carboxylic acids is 2. The van der Waals surface area contributed by atoms with Crippen molar-refractivity contribution in [3.8, 4) is 11.5 Å². The number of carboxylic acid groups (broad SMARTS) is 2. The SMILES string of the molecule is CC[C@H](C)[C@H](NC(=O)[C@H](CCC(N)=O)NC(=O)[C@H](CC(N)=O)NC(=O)[C@H](CS)NC(=O)[C@@H]1CCCN1C(=O)[C@H](CC(C)C)NC(=O)CN)C(=O)N[C@@H](Cc1ccc(O)cc1)C(=O)N[C@@H](CS)C(=O)N[C@@H](CS)C(=O)N[C@@H](Cc1ccc(O)cc1)C(=O)N[C@H](C(=O)N[C@@H](CCC(N)=O)C(=O)N[C@@H](CC(N)=O)C(=O)N[C@@H](CS)C(=O)N1CCC[C@H]1C(=O)N[C@@H](CC(C)C)C(=O)NCC(=O)O)[C@@H](C)CC.O=C(O)C(F)(F)F. The second-order valence-corrected chi connectivity index (χ2v) is 36.6. The van der Waals surface area contributed by atoms with Crippen LogP contribution in [0.1, 0.15) is 156 Å². The Balaban J connectivity index is 0.00000732. The molecule has 0 bridgehead atoms. The topological polar surface area (TPSA) is 791 Å². The maximum atomic E-state index is 14.9. The minimum absolute atomic E-state index is 0.0164. The van der Waals surface area contributed by atoms with Crippen molar-refractivity contribution in [3.63, 3.8) is 0 Å². The van der Waals surface area contributed by atoms with E-state index in [2.05, 4.69) is 130 Å². The van der Waals surface area contributed by atoms with Crippen LogP contribution in [0.5, 0.6) is 11.5 Å². The first kappa shape index (κ1) is 125. The molecular formula is C88H133F3N22O27S4. The first-order chi connectivity index (χ1) is 67.5. The van der Waals surface area contributed by atoms with E-state index in [9.17, 15) is 129 Å². The average molecular weight is 2120 g/mol. The number of halogens is 3. The van der Waals surface area contributed by atoms with E-state index in [1.807, 2.05) is 13.8 Å². The van der Waals surface area contributed by atoms with Gasteiger partial charge in [-0.2, -0.15) is 63.7 Å². The number of carbonyl (C=O) groups excluding carboxylic acids is 21. The number of carbonyl (C=O) groups is 23. The van der Waals surface area contributed by atoms with Gasteiger partial charge in [-0.3, -0.25) is 105 Å². The summed E-state index contributed by atoms with van der Waals surface area (Å²) in [6, 6.07) is -14.4. The van der Waals surface area contributed by atoms with Crippen molar-refractivity contribution in [3.05, 3.63) is 59.7 Å². The Morgan fingerprint density at radius 3 is 1.03 bits per heavy atom. The quantitative estimate of drug-likeness (QED) is 0.0274. The average Bonchev–Trinajstić information content (AvgIpc) is 1.66. The number of nitrogens with two attached hydrogens (primary N) is 5. The number of amides is 21. The van der Waals surface area contributed by atoms with Gasteiger partial charge in [-0.15, -0.1) is 0 Å². The summed E-state index contributed by atoms with van der Waals surface area (Å²) in [5.41, 5.74) is 28.2. The third kappa shape index (κ3) is 42.9. The number of rotatable bonds is 59. The normalized spacial score (nSPS) is 16.6. The molecule has 21 amide bonds. The highest BCUT2D eigenvalue weighted by Crippen LogP contribution is 2.25. The van der Waals surface area contributed by atoms with Gasteiger partial charge < -0.3 is 139 Å². The number of primary amides is 4. The van der Waals surface area contributed by atoms with Gasteiger partial charge in [-0.05, 0) is 110 Å². The van der Waals surface area contributed by atoms with Gasteiger partial charge in [-0.1, -0.05) is 92.5 Å². The lowest BCUT2D eigenvalue weighted by atomic mass is 9.96. The van der Waals surface area contributed by atoms with Crippen LogP contribution >= 0.6 is 50.5 Å². The van der Waals surface area contributed by atoms with E-state index < -0.39 is 338 Å². The largest absolute Gasteiger partial charge is 0.508 e. The molecule has 29 N–H and O–H groups in total. The number of thiol groups is 4. The van der Waals surface area contributed by atoms with Crippen LogP contribution < -0.4 is 108 Å².